The van der Waals surface area contributed by atoms with Crippen LogP contribution in [0.1, 0.15) is 56.5 Å². The number of aromatic nitrogens is 1. The minimum atomic E-state index is -4.49. The van der Waals surface area contributed by atoms with Crippen molar-refractivity contribution in [2.75, 3.05) is 13.6 Å². The van der Waals surface area contributed by atoms with E-state index in [0.29, 0.717) is 28.2 Å². The highest BCUT2D eigenvalue weighted by Crippen LogP contribution is 2.34. The number of rotatable bonds is 7. The zero-order valence-corrected chi connectivity index (χ0v) is 24.2. The third-order valence-corrected chi connectivity index (χ3v) is 6.79. The summed E-state index contributed by atoms with van der Waals surface area (Å²) in [6.07, 6.45) is 3.82. The molecule has 1 N–H and O–H groups in total. The van der Waals surface area contributed by atoms with Gasteiger partial charge in [-0.15, -0.1) is 0 Å². The number of benzene rings is 1. The Labute approximate surface area is 242 Å². The van der Waals surface area contributed by atoms with Gasteiger partial charge in [0.05, 0.1) is 21.8 Å². The van der Waals surface area contributed by atoms with Crippen molar-refractivity contribution < 1.29 is 22.4 Å². The summed E-state index contributed by atoms with van der Waals surface area (Å²) >= 11 is 5.92. The van der Waals surface area contributed by atoms with Crippen molar-refractivity contribution in [1.29, 1.82) is 0 Å². The average molecular weight is 590 g/mol. The molecule has 6 nitrogen and oxygen atoms in total. The zero-order valence-electron chi connectivity index (χ0n) is 23.5. The fraction of sp³-hybridized carbons (Fsp3) is 0.333. The van der Waals surface area contributed by atoms with Crippen LogP contribution in [0.15, 0.2) is 76.1 Å². The van der Waals surface area contributed by atoms with Crippen molar-refractivity contribution in [3.8, 4) is 0 Å². The molecule has 0 saturated heterocycles. The van der Waals surface area contributed by atoms with Crippen LogP contribution in [-0.2, 0) is 0 Å². The second-order valence-corrected chi connectivity index (χ2v) is 9.92. The van der Waals surface area contributed by atoms with Crippen molar-refractivity contribution in [3.63, 3.8) is 0 Å². The minimum absolute atomic E-state index is 0.0488. The van der Waals surface area contributed by atoms with Gasteiger partial charge in [-0.1, -0.05) is 44.9 Å². The number of aliphatic imine (C=N–C) groups is 2. The topological polar surface area (TPSA) is 70.0 Å². The van der Waals surface area contributed by atoms with Gasteiger partial charge in [0.2, 0.25) is 0 Å². The fourth-order valence-electron chi connectivity index (χ4n) is 4.13. The van der Waals surface area contributed by atoms with Gasteiger partial charge in [0.15, 0.2) is 0 Å². The minimum Gasteiger partial charge on any atom is -0.355 e. The van der Waals surface area contributed by atoms with Crippen LogP contribution in [0.2, 0.25) is 5.02 Å². The van der Waals surface area contributed by atoms with Gasteiger partial charge >= 0.3 is 6.18 Å². The summed E-state index contributed by atoms with van der Waals surface area (Å²) in [7, 11) is 1.51. The Morgan fingerprint density at radius 3 is 2.54 bits per heavy atom. The van der Waals surface area contributed by atoms with Gasteiger partial charge in [-0.05, 0) is 55.2 Å². The SMILES string of the molecule is CCC1=C(C(F)(F)F)C=CN(C(=NC(C)=Nc2ccc(F)c(Cl)c2)/C(=C\C(C)CC)c2cncc(C(=O)NC)c2)C1. The van der Waals surface area contributed by atoms with Crippen LogP contribution >= 0.6 is 11.6 Å². The van der Waals surface area contributed by atoms with Crippen molar-refractivity contribution in [2.24, 2.45) is 15.9 Å². The van der Waals surface area contributed by atoms with E-state index >= 15 is 0 Å². The Balaban J connectivity index is 2.24. The molecule has 1 aromatic heterocycles. The molecule has 2 aromatic rings. The molecule has 0 aliphatic carbocycles. The molecule has 1 aliphatic heterocycles. The molecule has 41 heavy (non-hydrogen) atoms. The van der Waals surface area contributed by atoms with Crippen LogP contribution in [0.4, 0.5) is 23.2 Å². The normalized spacial score (nSPS) is 15.9. The molecule has 1 unspecified atom stereocenters. The molecule has 1 amide bonds. The first-order valence-electron chi connectivity index (χ1n) is 13.1. The molecule has 3 rings (SSSR count). The lowest BCUT2D eigenvalue weighted by molar-refractivity contribution is -0.0896. The first kappa shape index (κ1) is 31.7. The number of carbonyl (C=O) groups excluding carboxylic acids is 1. The van der Waals surface area contributed by atoms with Gasteiger partial charge in [-0.3, -0.25) is 9.78 Å². The third-order valence-electron chi connectivity index (χ3n) is 6.50. The average Bonchev–Trinajstić information content (AvgIpc) is 2.95. The number of allylic oxidation sites excluding steroid dienone is 3. The number of alkyl halides is 3. The van der Waals surface area contributed by atoms with Gasteiger partial charge in [0, 0.05) is 43.3 Å². The number of nitrogens with zero attached hydrogens (tertiary/aromatic N) is 4. The van der Waals surface area contributed by atoms with E-state index in [4.69, 9.17) is 16.6 Å². The number of pyridine rings is 1. The van der Waals surface area contributed by atoms with Crippen LogP contribution in [0.3, 0.4) is 0 Å². The predicted octanol–water partition coefficient (Wildman–Crippen LogP) is 7.91. The first-order valence-corrected chi connectivity index (χ1v) is 13.5. The molecule has 0 spiro atoms. The Morgan fingerprint density at radius 2 is 1.93 bits per heavy atom. The van der Waals surface area contributed by atoms with Crippen LogP contribution < -0.4 is 5.32 Å². The van der Waals surface area contributed by atoms with Gasteiger partial charge < -0.3 is 10.2 Å². The summed E-state index contributed by atoms with van der Waals surface area (Å²) in [5.74, 6) is -0.306. The Hall–Kier alpha value is -3.79. The molecule has 0 fully saturated rings. The monoisotopic (exact) mass is 589 g/mol. The zero-order chi connectivity index (χ0) is 30.3. The number of hydrogen-bond donors (Lipinski definition) is 1. The number of nitrogens with one attached hydrogen (secondary N) is 1. The number of halogens is 5. The molecule has 218 valence electrons. The van der Waals surface area contributed by atoms with Crippen molar-refractivity contribution >= 4 is 40.4 Å². The molecule has 0 radical (unpaired) electrons. The summed E-state index contributed by atoms with van der Waals surface area (Å²) in [5, 5.41) is 2.47. The largest absolute Gasteiger partial charge is 0.416 e. The second-order valence-electron chi connectivity index (χ2n) is 9.51. The highest BCUT2D eigenvalue weighted by molar-refractivity contribution is 6.31. The van der Waals surface area contributed by atoms with Crippen molar-refractivity contribution in [3.05, 3.63) is 88.1 Å². The molecule has 11 heteroatoms. The number of amidine groups is 2. The maximum absolute atomic E-state index is 13.7. The van der Waals surface area contributed by atoms with E-state index in [0.717, 1.165) is 12.5 Å². The lowest BCUT2D eigenvalue weighted by Crippen LogP contribution is -2.34. The fourth-order valence-corrected chi connectivity index (χ4v) is 4.30. The summed E-state index contributed by atoms with van der Waals surface area (Å²) in [5.41, 5.74) is 1.31. The van der Waals surface area contributed by atoms with Gasteiger partial charge in [-0.2, -0.15) is 13.2 Å². The van der Waals surface area contributed by atoms with E-state index in [1.165, 1.54) is 37.6 Å². The lowest BCUT2D eigenvalue weighted by atomic mass is 9.96. The molecular formula is C30H32ClF4N5O. The van der Waals surface area contributed by atoms with Gasteiger partial charge in [0.1, 0.15) is 17.5 Å². The van der Waals surface area contributed by atoms with E-state index in [1.807, 2.05) is 19.9 Å². The van der Waals surface area contributed by atoms with Gasteiger partial charge in [0.25, 0.3) is 5.91 Å². The molecule has 1 atom stereocenters. The maximum atomic E-state index is 13.7. The number of hydrogen-bond acceptors (Lipinski definition) is 3. The van der Waals surface area contributed by atoms with E-state index in [-0.39, 0.29) is 41.2 Å². The van der Waals surface area contributed by atoms with Gasteiger partial charge in [-0.25, -0.2) is 14.4 Å². The maximum Gasteiger partial charge on any atom is 0.416 e. The van der Waals surface area contributed by atoms with E-state index in [9.17, 15) is 22.4 Å². The molecule has 2 heterocycles. The van der Waals surface area contributed by atoms with Crippen LogP contribution in [0, 0.1) is 11.7 Å². The lowest BCUT2D eigenvalue weighted by Gasteiger charge is -2.30. The van der Waals surface area contributed by atoms with Crippen molar-refractivity contribution in [1.82, 2.24) is 15.2 Å². The summed E-state index contributed by atoms with van der Waals surface area (Å²) in [4.78, 5) is 27.5. The van der Waals surface area contributed by atoms with Crippen LogP contribution in [0.5, 0.6) is 0 Å². The summed E-state index contributed by atoms with van der Waals surface area (Å²) in [6.45, 7) is 7.25. The Kier molecular flexibility index (Phi) is 10.6. The first-order chi connectivity index (χ1) is 19.4. The number of carbonyl (C=O) groups is 1. The third kappa shape index (κ3) is 8.13. The molecule has 1 aliphatic rings. The molecule has 0 bridgehead atoms. The summed E-state index contributed by atoms with van der Waals surface area (Å²) in [6, 6.07) is 5.65. The second kappa shape index (κ2) is 13.7. The van der Waals surface area contributed by atoms with Crippen LogP contribution in [0.25, 0.3) is 5.57 Å². The van der Waals surface area contributed by atoms with E-state index in [1.54, 1.807) is 31.0 Å². The molecule has 0 saturated carbocycles. The number of amides is 1. The van der Waals surface area contributed by atoms with E-state index < -0.39 is 17.6 Å². The highest BCUT2D eigenvalue weighted by atomic mass is 35.5. The Bertz CT molecular complexity index is 1440. The van der Waals surface area contributed by atoms with Crippen molar-refractivity contribution in [2.45, 2.75) is 46.7 Å². The smallest absolute Gasteiger partial charge is 0.355 e. The predicted molar refractivity (Wildman–Crippen MR) is 156 cm³/mol. The standard InChI is InChI=1S/C30H32ClF4N5O/c1-6-18(3)12-24(21-13-22(16-37-15-21)29(41)36-5)28(39-19(4)38-23-8-9-27(32)26(31)14-23)40-11-10-25(30(33,34)35)20(7-2)17-40/h8-16,18H,6-7,17H2,1-5H3,(H,36,41)/b24-12-,38-19?,39-28?. The summed E-state index contributed by atoms with van der Waals surface area (Å²) < 4.78 is 54.9. The molecular weight excluding hydrogens is 558 g/mol. The van der Waals surface area contributed by atoms with Crippen LogP contribution in [-0.4, -0.2) is 47.2 Å². The quantitative estimate of drug-likeness (QED) is 0.203. The highest BCUT2D eigenvalue weighted by Gasteiger charge is 2.36. The Morgan fingerprint density at radius 1 is 1.22 bits per heavy atom. The van der Waals surface area contributed by atoms with E-state index in [2.05, 4.69) is 15.3 Å². The molecule has 1 aromatic carbocycles.